The Morgan fingerprint density at radius 2 is 2.29 bits per heavy atom. The number of halogens is 2. The molecule has 2 aliphatic rings. The van der Waals surface area contributed by atoms with E-state index in [1.165, 1.54) is 0 Å². The van der Waals surface area contributed by atoms with Gasteiger partial charge in [0.25, 0.3) is 0 Å². The zero-order valence-electron chi connectivity index (χ0n) is 11.5. The van der Waals surface area contributed by atoms with Crippen molar-refractivity contribution in [3.8, 4) is 0 Å². The fourth-order valence-electron chi connectivity index (χ4n) is 2.69. The number of carbonyl (C=O) groups is 1. The molecular weight excluding hydrogens is 296 g/mol. The van der Waals surface area contributed by atoms with Crippen molar-refractivity contribution >= 4 is 22.6 Å². The predicted octanol–water partition coefficient (Wildman–Crippen LogP) is 2.76. The molecule has 21 heavy (non-hydrogen) atoms. The van der Waals surface area contributed by atoms with Gasteiger partial charge in [0.2, 0.25) is 11.8 Å². The zero-order chi connectivity index (χ0) is 14.9. The molecule has 4 nitrogen and oxygen atoms in total. The van der Waals surface area contributed by atoms with Crippen LogP contribution in [0.2, 0.25) is 0 Å². The Balaban J connectivity index is 1.66. The van der Waals surface area contributed by atoms with Crippen LogP contribution in [0.4, 0.5) is 8.78 Å². The summed E-state index contributed by atoms with van der Waals surface area (Å²) in [6, 6.07) is 0. The number of aromatic amines is 1. The summed E-state index contributed by atoms with van der Waals surface area (Å²) < 4.78 is 26.7. The van der Waals surface area contributed by atoms with Gasteiger partial charge in [0.15, 0.2) is 0 Å². The van der Waals surface area contributed by atoms with Gasteiger partial charge in [-0.3, -0.25) is 9.89 Å². The third-order valence-corrected chi connectivity index (χ3v) is 5.11. The monoisotopic (exact) mass is 313 g/mol. The Morgan fingerprint density at radius 1 is 1.43 bits per heavy atom. The van der Waals surface area contributed by atoms with Crippen molar-refractivity contribution in [2.24, 2.45) is 5.92 Å². The Labute approximate surface area is 126 Å². The molecule has 1 unspecified atom stereocenters. The van der Waals surface area contributed by atoms with Crippen molar-refractivity contribution < 1.29 is 13.6 Å². The van der Waals surface area contributed by atoms with Crippen LogP contribution in [0.15, 0.2) is 18.5 Å². The Bertz CT molecular complexity index is 544. The summed E-state index contributed by atoms with van der Waals surface area (Å²) in [5.41, 5.74) is 0.970. The quantitative estimate of drug-likeness (QED) is 0.913. The van der Waals surface area contributed by atoms with E-state index < -0.39 is 5.92 Å². The van der Waals surface area contributed by atoms with Crippen molar-refractivity contribution in [1.29, 1.82) is 0 Å². The number of aromatic nitrogens is 2. The average Bonchev–Trinajstić information content (AvgIpc) is 3.08. The first-order chi connectivity index (χ1) is 10.1. The average molecular weight is 313 g/mol. The van der Waals surface area contributed by atoms with Crippen molar-refractivity contribution in [3.63, 3.8) is 0 Å². The minimum Gasteiger partial charge on any atom is -0.342 e. The molecule has 3 heterocycles. The third-order valence-electron chi connectivity index (χ3n) is 3.90. The molecule has 1 aromatic heterocycles. The van der Waals surface area contributed by atoms with Gasteiger partial charge >= 0.3 is 0 Å². The fraction of sp³-hybridized carbons (Fsp3) is 0.571. The lowest BCUT2D eigenvalue weighted by molar-refractivity contribution is -0.133. The topological polar surface area (TPSA) is 49.0 Å². The molecule has 1 fully saturated rings. The summed E-state index contributed by atoms with van der Waals surface area (Å²) in [4.78, 5) is 15.1. The van der Waals surface area contributed by atoms with Gasteiger partial charge in [0, 0.05) is 48.3 Å². The molecule has 1 aromatic rings. The SMILES string of the molecule is O=C(C1C=C(c2cn[nH]c2)SC1)N1CCCC(F)(F)CC1. The largest absolute Gasteiger partial charge is 0.342 e. The second kappa shape index (κ2) is 5.79. The molecule has 114 valence electrons. The molecular formula is C14H17F2N3OS. The fourth-order valence-corrected chi connectivity index (χ4v) is 3.82. The van der Waals surface area contributed by atoms with E-state index in [2.05, 4.69) is 10.2 Å². The Kier molecular flexibility index (Phi) is 4.01. The number of nitrogens with one attached hydrogen (secondary N) is 1. The summed E-state index contributed by atoms with van der Waals surface area (Å²) in [5.74, 6) is -2.20. The highest BCUT2D eigenvalue weighted by molar-refractivity contribution is 8.08. The molecule has 1 amide bonds. The molecule has 1 atom stereocenters. The number of carbonyl (C=O) groups excluding carboxylic acids is 1. The molecule has 0 aliphatic carbocycles. The highest BCUT2D eigenvalue weighted by atomic mass is 32.2. The lowest BCUT2D eigenvalue weighted by atomic mass is 10.1. The number of rotatable bonds is 2. The summed E-state index contributed by atoms with van der Waals surface area (Å²) in [6.07, 6.45) is 5.47. The summed E-state index contributed by atoms with van der Waals surface area (Å²) in [6.45, 7) is 0.590. The van der Waals surface area contributed by atoms with Crippen molar-refractivity contribution in [3.05, 3.63) is 24.0 Å². The third kappa shape index (κ3) is 3.28. The minimum atomic E-state index is -2.63. The van der Waals surface area contributed by atoms with E-state index in [-0.39, 0.29) is 31.2 Å². The molecule has 0 radical (unpaired) electrons. The van der Waals surface area contributed by atoms with Crippen molar-refractivity contribution in [2.75, 3.05) is 18.8 Å². The van der Waals surface area contributed by atoms with E-state index in [0.29, 0.717) is 18.7 Å². The van der Waals surface area contributed by atoms with Crippen LogP contribution >= 0.6 is 11.8 Å². The highest BCUT2D eigenvalue weighted by Crippen LogP contribution is 2.37. The first-order valence-corrected chi connectivity index (χ1v) is 8.04. The van der Waals surface area contributed by atoms with Crippen LogP contribution in [-0.2, 0) is 4.79 Å². The lowest BCUT2D eigenvalue weighted by Gasteiger charge is -2.23. The number of hydrogen-bond donors (Lipinski definition) is 1. The van der Waals surface area contributed by atoms with Crippen molar-refractivity contribution in [1.82, 2.24) is 15.1 Å². The van der Waals surface area contributed by atoms with E-state index >= 15 is 0 Å². The van der Waals surface area contributed by atoms with Gasteiger partial charge in [-0.2, -0.15) is 5.10 Å². The van der Waals surface area contributed by atoms with Crippen LogP contribution in [0, 0.1) is 5.92 Å². The number of H-pyrrole nitrogens is 1. The van der Waals surface area contributed by atoms with Gasteiger partial charge in [-0.1, -0.05) is 6.08 Å². The van der Waals surface area contributed by atoms with Crippen LogP contribution in [0.1, 0.15) is 24.8 Å². The number of likely N-dealkylation sites (tertiary alicyclic amines) is 1. The maximum absolute atomic E-state index is 13.4. The number of nitrogens with zero attached hydrogens (tertiary/aromatic N) is 2. The van der Waals surface area contributed by atoms with E-state index in [4.69, 9.17) is 0 Å². The van der Waals surface area contributed by atoms with Gasteiger partial charge in [-0.25, -0.2) is 8.78 Å². The normalized spacial score (nSPS) is 25.5. The van der Waals surface area contributed by atoms with Crippen LogP contribution in [0.3, 0.4) is 0 Å². The van der Waals surface area contributed by atoms with Gasteiger partial charge < -0.3 is 4.90 Å². The Hall–Kier alpha value is -1.37. The molecule has 0 bridgehead atoms. The molecule has 0 saturated carbocycles. The van der Waals surface area contributed by atoms with E-state index in [1.54, 1.807) is 29.1 Å². The first-order valence-electron chi connectivity index (χ1n) is 7.05. The van der Waals surface area contributed by atoms with Gasteiger partial charge in [-0.05, 0) is 6.42 Å². The smallest absolute Gasteiger partial charge is 0.249 e. The molecule has 0 aromatic carbocycles. The number of thioether (sulfide) groups is 1. The molecule has 1 N–H and O–H groups in total. The zero-order valence-corrected chi connectivity index (χ0v) is 12.3. The molecule has 0 spiro atoms. The number of hydrogen-bond acceptors (Lipinski definition) is 3. The van der Waals surface area contributed by atoms with Crippen LogP contribution < -0.4 is 0 Å². The van der Waals surface area contributed by atoms with Gasteiger partial charge in [0.05, 0.1) is 12.1 Å². The Morgan fingerprint density at radius 3 is 3.05 bits per heavy atom. The summed E-state index contributed by atoms with van der Waals surface area (Å²) >= 11 is 1.61. The van der Waals surface area contributed by atoms with Crippen LogP contribution in [-0.4, -0.2) is 45.8 Å². The molecule has 7 heteroatoms. The van der Waals surface area contributed by atoms with E-state index in [1.807, 2.05) is 6.08 Å². The predicted molar refractivity (Wildman–Crippen MR) is 77.9 cm³/mol. The van der Waals surface area contributed by atoms with Crippen LogP contribution in [0.25, 0.3) is 4.91 Å². The van der Waals surface area contributed by atoms with E-state index in [0.717, 1.165) is 10.5 Å². The van der Waals surface area contributed by atoms with Crippen LogP contribution in [0.5, 0.6) is 0 Å². The lowest BCUT2D eigenvalue weighted by Crippen LogP contribution is -2.37. The summed E-state index contributed by atoms with van der Waals surface area (Å²) in [7, 11) is 0. The second-order valence-electron chi connectivity index (χ2n) is 5.47. The second-order valence-corrected chi connectivity index (χ2v) is 6.53. The highest BCUT2D eigenvalue weighted by Gasteiger charge is 2.35. The maximum atomic E-state index is 13.4. The standard InChI is InChI=1S/C14H17F2N3OS/c15-14(16)2-1-4-19(5-3-14)13(20)10-6-12(21-9-10)11-7-17-18-8-11/h6-8,10H,1-5,9H2,(H,17,18). The minimum absolute atomic E-state index is 0.0290. The van der Waals surface area contributed by atoms with Crippen molar-refractivity contribution in [2.45, 2.75) is 25.2 Å². The van der Waals surface area contributed by atoms with E-state index in [9.17, 15) is 13.6 Å². The molecule has 2 aliphatic heterocycles. The van der Waals surface area contributed by atoms with Gasteiger partial charge in [0.1, 0.15) is 0 Å². The number of alkyl halides is 2. The maximum Gasteiger partial charge on any atom is 0.249 e. The van der Waals surface area contributed by atoms with Gasteiger partial charge in [-0.15, -0.1) is 11.8 Å². The molecule has 1 saturated heterocycles. The molecule has 3 rings (SSSR count). The first kappa shape index (κ1) is 14.6. The summed E-state index contributed by atoms with van der Waals surface area (Å²) in [5, 5.41) is 6.65. The number of amides is 1.